The van der Waals surface area contributed by atoms with Gasteiger partial charge in [0.15, 0.2) is 0 Å². The average Bonchev–Trinajstić information content (AvgIpc) is 3.12. The molecule has 0 aliphatic heterocycles. The Kier molecular flexibility index (Phi) is 22.7. The third kappa shape index (κ3) is 20.6. The highest BCUT2D eigenvalue weighted by Crippen LogP contribution is 2.22. The van der Waals surface area contributed by atoms with Crippen molar-refractivity contribution in [3.8, 4) is 0 Å². The van der Waals surface area contributed by atoms with Gasteiger partial charge in [0.25, 0.3) is 0 Å². The molecule has 4 aliphatic carbocycles. The van der Waals surface area contributed by atoms with Gasteiger partial charge >= 0.3 is 18.0 Å². The Labute approximate surface area is 289 Å². The van der Waals surface area contributed by atoms with Crippen LogP contribution < -0.4 is 22.1 Å². The molecular formula is C38H66N4O6. The van der Waals surface area contributed by atoms with Crippen LogP contribution in [0.3, 0.4) is 0 Å². The number of alkyl carbamates (subject to hydrolysis) is 1. The highest BCUT2D eigenvalue weighted by molar-refractivity contribution is 5.80. The highest BCUT2D eigenvalue weighted by atomic mass is 16.5. The molecule has 7 N–H and O–H groups in total. The van der Waals surface area contributed by atoms with E-state index in [1.165, 1.54) is 136 Å². The summed E-state index contributed by atoms with van der Waals surface area (Å²) < 4.78 is 9.33. The van der Waals surface area contributed by atoms with Gasteiger partial charge in [-0.15, -0.1) is 0 Å². The number of carbonyl (C=O) groups excluding carboxylic acids is 2. The summed E-state index contributed by atoms with van der Waals surface area (Å²) in [6.07, 6.45) is 26.9. The fourth-order valence-corrected chi connectivity index (χ4v) is 6.67. The lowest BCUT2D eigenvalue weighted by molar-refractivity contribution is -0.142. The van der Waals surface area contributed by atoms with E-state index in [9.17, 15) is 14.4 Å². The third-order valence-corrected chi connectivity index (χ3v) is 9.65. The number of ether oxygens (including phenoxy) is 2. The number of carboxylic acids is 1. The van der Waals surface area contributed by atoms with Crippen LogP contribution in [0, 0.1) is 0 Å². The minimum atomic E-state index is -1.24. The third-order valence-electron chi connectivity index (χ3n) is 9.65. The maximum absolute atomic E-state index is 11.5. The maximum Gasteiger partial charge on any atom is 0.408 e. The van der Waals surface area contributed by atoms with Gasteiger partial charge in [-0.3, -0.25) is 4.79 Å². The smallest absolute Gasteiger partial charge is 0.408 e. The molecule has 10 heteroatoms. The minimum Gasteiger partial charge on any atom is -0.480 e. The summed E-state index contributed by atoms with van der Waals surface area (Å²) in [6.45, 7) is 0.0377. The van der Waals surface area contributed by atoms with Crippen molar-refractivity contribution in [3.05, 3.63) is 35.9 Å². The van der Waals surface area contributed by atoms with Crippen LogP contribution in [-0.2, 0) is 25.7 Å². The monoisotopic (exact) mass is 674 g/mol. The number of nitrogens with one attached hydrogen (secondary N) is 2. The summed E-state index contributed by atoms with van der Waals surface area (Å²) in [6, 6.07) is 10.6. The van der Waals surface area contributed by atoms with Crippen LogP contribution in [0.15, 0.2) is 30.3 Å². The van der Waals surface area contributed by atoms with Crippen molar-refractivity contribution >= 4 is 18.0 Å². The van der Waals surface area contributed by atoms with Crippen LogP contribution >= 0.6 is 0 Å². The molecule has 4 fully saturated rings. The molecule has 5 rings (SSSR count). The van der Waals surface area contributed by atoms with Gasteiger partial charge in [-0.1, -0.05) is 107 Å². The molecule has 1 aromatic rings. The van der Waals surface area contributed by atoms with Crippen LogP contribution in [0.2, 0.25) is 0 Å². The first kappa shape index (κ1) is 41.5. The quantitative estimate of drug-likeness (QED) is 0.172. The number of aliphatic carboxylic acids is 1. The maximum atomic E-state index is 11.5. The van der Waals surface area contributed by atoms with Crippen LogP contribution in [0.4, 0.5) is 4.79 Å². The lowest BCUT2D eigenvalue weighted by Gasteiger charge is -2.30. The van der Waals surface area contributed by atoms with Gasteiger partial charge in [0.2, 0.25) is 0 Å². The molecule has 0 unspecified atom stereocenters. The molecule has 0 spiro atoms. The normalized spacial score (nSPS) is 19.8. The molecule has 0 bridgehead atoms. The summed E-state index contributed by atoms with van der Waals surface area (Å²) in [5.74, 6) is -1.78. The van der Waals surface area contributed by atoms with Crippen molar-refractivity contribution in [1.82, 2.24) is 10.6 Å². The lowest BCUT2D eigenvalue weighted by atomic mass is 9.91. The Balaban J connectivity index is 0.000000248. The van der Waals surface area contributed by atoms with E-state index < -0.39 is 24.1 Å². The summed E-state index contributed by atoms with van der Waals surface area (Å²) in [5.41, 5.74) is 12.1. The van der Waals surface area contributed by atoms with Crippen molar-refractivity contribution < 1.29 is 29.0 Å². The molecule has 1 aromatic carbocycles. The van der Waals surface area contributed by atoms with Gasteiger partial charge < -0.3 is 36.7 Å². The van der Waals surface area contributed by atoms with Crippen molar-refractivity contribution in [3.63, 3.8) is 0 Å². The van der Waals surface area contributed by atoms with E-state index in [0.29, 0.717) is 12.1 Å². The van der Waals surface area contributed by atoms with Gasteiger partial charge in [0, 0.05) is 30.6 Å². The second kappa shape index (κ2) is 26.2. The molecule has 0 aromatic heterocycles. The van der Waals surface area contributed by atoms with Crippen LogP contribution in [0.5, 0.6) is 0 Å². The minimum absolute atomic E-state index is 0.0377. The number of benzene rings is 1. The Morgan fingerprint density at radius 2 is 1.17 bits per heavy atom. The largest absolute Gasteiger partial charge is 0.480 e. The highest BCUT2D eigenvalue weighted by Gasteiger charge is 2.22. The van der Waals surface area contributed by atoms with E-state index in [0.717, 1.165) is 17.6 Å². The zero-order valence-corrected chi connectivity index (χ0v) is 29.7. The van der Waals surface area contributed by atoms with E-state index in [4.69, 9.17) is 21.3 Å². The number of carbonyl (C=O) groups is 3. The molecular weight excluding hydrogens is 608 g/mol. The summed E-state index contributed by atoms with van der Waals surface area (Å²) >= 11 is 0. The van der Waals surface area contributed by atoms with E-state index in [1.54, 1.807) is 24.3 Å². The average molecular weight is 675 g/mol. The molecule has 0 saturated heterocycles. The van der Waals surface area contributed by atoms with Gasteiger partial charge in [-0.2, -0.15) is 0 Å². The molecule has 0 radical (unpaired) electrons. The van der Waals surface area contributed by atoms with Crippen LogP contribution in [0.25, 0.3) is 0 Å². The van der Waals surface area contributed by atoms with E-state index in [-0.39, 0.29) is 19.4 Å². The standard InChI is InChI=1S/C14H17NO6.C12H23N.2C6H13N/c1-20-12(16)8-7-11(13(17)18)15-14(19)21-9-10-5-3-2-4-6-10;1-3-7-11(8-4-1)13-12-9-5-2-6-10-12;2*7-6-4-2-1-3-5-6/h2-6,11H,7-9H2,1H3,(H,15,19)(H,17,18);11-13H,1-10H2;2*6H,1-5,7H2/t11-;;;/m1.../s1. The first-order valence-corrected chi connectivity index (χ1v) is 18.8. The molecule has 1 atom stereocenters. The molecule has 1 amide bonds. The number of hydrogen-bond donors (Lipinski definition) is 5. The van der Waals surface area contributed by atoms with E-state index in [1.807, 2.05) is 6.07 Å². The molecule has 4 saturated carbocycles. The van der Waals surface area contributed by atoms with Gasteiger partial charge in [0.1, 0.15) is 12.6 Å². The first-order chi connectivity index (χ1) is 23.3. The number of methoxy groups -OCH3 is 1. The predicted octanol–water partition coefficient (Wildman–Crippen LogP) is 7.12. The zero-order valence-electron chi connectivity index (χ0n) is 29.7. The number of esters is 1. The van der Waals surface area contributed by atoms with Crippen molar-refractivity contribution in [2.75, 3.05) is 7.11 Å². The first-order valence-electron chi connectivity index (χ1n) is 18.8. The van der Waals surface area contributed by atoms with Gasteiger partial charge in [0.05, 0.1) is 7.11 Å². The number of hydrogen-bond acceptors (Lipinski definition) is 8. The second-order valence-corrected chi connectivity index (χ2v) is 13.8. The molecule has 10 nitrogen and oxygen atoms in total. The Morgan fingerprint density at radius 1 is 0.729 bits per heavy atom. The summed E-state index contributed by atoms with van der Waals surface area (Å²) in [5, 5.41) is 15.0. The van der Waals surface area contributed by atoms with Gasteiger partial charge in [-0.25, -0.2) is 9.59 Å². The predicted molar refractivity (Wildman–Crippen MR) is 191 cm³/mol. The Hall–Kier alpha value is -2.69. The van der Waals surface area contributed by atoms with E-state index >= 15 is 0 Å². The second-order valence-electron chi connectivity index (χ2n) is 13.8. The number of rotatable bonds is 9. The van der Waals surface area contributed by atoms with Crippen molar-refractivity contribution in [2.45, 2.75) is 178 Å². The number of carboxylic acid groups (broad SMARTS) is 1. The van der Waals surface area contributed by atoms with Crippen LogP contribution in [0.1, 0.15) is 147 Å². The lowest BCUT2D eigenvalue weighted by Crippen LogP contribution is -2.41. The summed E-state index contributed by atoms with van der Waals surface area (Å²) in [7, 11) is 1.21. The molecule has 0 heterocycles. The van der Waals surface area contributed by atoms with Crippen LogP contribution in [-0.4, -0.2) is 60.5 Å². The summed E-state index contributed by atoms with van der Waals surface area (Å²) in [4.78, 5) is 33.5. The fraction of sp³-hybridized carbons (Fsp3) is 0.763. The fourth-order valence-electron chi connectivity index (χ4n) is 6.67. The topological polar surface area (TPSA) is 166 Å². The zero-order chi connectivity index (χ0) is 34.8. The number of nitrogens with two attached hydrogens (primary N) is 2. The van der Waals surface area contributed by atoms with Crippen molar-refractivity contribution in [1.29, 1.82) is 0 Å². The van der Waals surface area contributed by atoms with E-state index in [2.05, 4.69) is 15.4 Å². The molecule has 274 valence electrons. The molecule has 4 aliphatic rings. The van der Waals surface area contributed by atoms with Crippen molar-refractivity contribution in [2.24, 2.45) is 11.5 Å². The number of amides is 1. The Morgan fingerprint density at radius 3 is 1.54 bits per heavy atom. The Bertz CT molecular complexity index is 941. The molecule has 48 heavy (non-hydrogen) atoms. The van der Waals surface area contributed by atoms with Gasteiger partial charge in [-0.05, 0) is 63.4 Å². The SMILES string of the molecule is C1CCC(NC2CCCCC2)CC1.COC(=O)CC[C@@H](NC(=O)OCc1ccccc1)C(=O)O.NC1CCCCC1.NC1CCCCC1.